The lowest BCUT2D eigenvalue weighted by molar-refractivity contribution is -0.342. The van der Waals surface area contributed by atoms with Crippen molar-refractivity contribution in [3.8, 4) is 0 Å². The molecule has 0 amide bonds. The molecule has 1 aliphatic carbocycles. The molecule has 2 rings (SSSR count). The van der Waals surface area contributed by atoms with E-state index in [-0.39, 0.29) is 11.2 Å². The molecule has 1 saturated heterocycles. The van der Waals surface area contributed by atoms with E-state index in [1.165, 1.54) is 12.8 Å². The van der Waals surface area contributed by atoms with E-state index in [1.807, 2.05) is 0 Å². The van der Waals surface area contributed by atoms with E-state index in [2.05, 4.69) is 34.6 Å². The second-order valence-corrected chi connectivity index (χ2v) is 7.29. The summed E-state index contributed by atoms with van der Waals surface area (Å²) < 4.78 is 12.5. The number of hydrogen-bond acceptors (Lipinski definition) is 2. The first-order valence-corrected chi connectivity index (χ1v) is 7.13. The van der Waals surface area contributed by atoms with Gasteiger partial charge in [0, 0.05) is 17.8 Å². The second-order valence-electron chi connectivity index (χ2n) is 7.29. The monoisotopic (exact) mass is 240 g/mol. The van der Waals surface area contributed by atoms with Crippen LogP contribution in [0, 0.1) is 23.2 Å². The van der Waals surface area contributed by atoms with Crippen molar-refractivity contribution < 1.29 is 9.47 Å². The highest BCUT2D eigenvalue weighted by Crippen LogP contribution is 2.47. The first kappa shape index (κ1) is 13.4. The van der Waals surface area contributed by atoms with Crippen LogP contribution in [0.4, 0.5) is 0 Å². The molecule has 0 unspecified atom stereocenters. The van der Waals surface area contributed by atoms with Gasteiger partial charge in [0.15, 0.2) is 5.79 Å². The normalized spacial score (nSPS) is 36.4. The zero-order chi connectivity index (χ0) is 12.7. The SMILES string of the molecule is CC(C)[C@@H]1CC[C@@H](C)CC12OCC(C)(C)CO2. The van der Waals surface area contributed by atoms with Crippen LogP contribution in [-0.4, -0.2) is 19.0 Å². The molecule has 2 fully saturated rings. The Hall–Kier alpha value is -0.0800. The highest BCUT2D eigenvalue weighted by atomic mass is 16.7. The summed E-state index contributed by atoms with van der Waals surface area (Å²) in [5, 5.41) is 0. The molecule has 1 saturated carbocycles. The van der Waals surface area contributed by atoms with Crippen LogP contribution < -0.4 is 0 Å². The second kappa shape index (κ2) is 4.55. The van der Waals surface area contributed by atoms with Crippen molar-refractivity contribution in [3.63, 3.8) is 0 Å². The first-order chi connectivity index (χ1) is 7.85. The third kappa shape index (κ3) is 2.68. The van der Waals surface area contributed by atoms with Crippen molar-refractivity contribution in [1.82, 2.24) is 0 Å². The number of hydrogen-bond donors (Lipinski definition) is 0. The number of rotatable bonds is 1. The van der Waals surface area contributed by atoms with Gasteiger partial charge < -0.3 is 9.47 Å². The van der Waals surface area contributed by atoms with Crippen molar-refractivity contribution in [2.75, 3.05) is 13.2 Å². The van der Waals surface area contributed by atoms with Gasteiger partial charge in [-0.15, -0.1) is 0 Å². The minimum Gasteiger partial charge on any atom is -0.349 e. The van der Waals surface area contributed by atoms with Gasteiger partial charge >= 0.3 is 0 Å². The van der Waals surface area contributed by atoms with Crippen LogP contribution in [0.1, 0.15) is 53.9 Å². The van der Waals surface area contributed by atoms with E-state index < -0.39 is 0 Å². The van der Waals surface area contributed by atoms with Crippen molar-refractivity contribution in [3.05, 3.63) is 0 Å². The highest BCUT2D eigenvalue weighted by Gasteiger charge is 2.50. The Balaban J connectivity index is 2.14. The van der Waals surface area contributed by atoms with Gasteiger partial charge in [0.25, 0.3) is 0 Å². The molecule has 100 valence electrons. The van der Waals surface area contributed by atoms with Crippen LogP contribution in [0.15, 0.2) is 0 Å². The summed E-state index contributed by atoms with van der Waals surface area (Å²) in [6.07, 6.45) is 3.64. The minimum atomic E-state index is -0.276. The molecule has 0 bridgehead atoms. The zero-order valence-corrected chi connectivity index (χ0v) is 12.1. The lowest BCUT2D eigenvalue weighted by Crippen LogP contribution is -2.55. The fourth-order valence-electron chi connectivity index (χ4n) is 3.31. The molecule has 2 atom stereocenters. The van der Waals surface area contributed by atoms with Crippen LogP contribution in [-0.2, 0) is 9.47 Å². The maximum atomic E-state index is 6.24. The average Bonchev–Trinajstić information content (AvgIpc) is 2.23. The fraction of sp³-hybridized carbons (Fsp3) is 1.00. The van der Waals surface area contributed by atoms with Gasteiger partial charge in [-0.2, -0.15) is 0 Å². The summed E-state index contributed by atoms with van der Waals surface area (Å²) in [7, 11) is 0. The van der Waals surface area contributed by atoms with Crippen molar-refractivity contribution >= 4 is 0 Å². The topological polar surface area (TPSA) is 18.5 Å². The van der Waals surface area contributed by atoms with Crippen LogP contribution in [0.5, 0.6) is 0 Å². The Bertz CT molecular complexity index is 260. The van der Waals surface area contributed by atoms with Crippen molar-refractivity contribution in [2.45, 2.75) is 59.7 Å². The van der Waals surface area contributed by atoms with E-state index in [0.717, 1.165) is 25.6 Å². The van der Waals surface area contributed by atoms with Crippen LogP contribution in [0.3, 0.4) is 0 Å². The Morgan fingerprint density at radius 1 is 1.06 bits per heavy atom. The van der Waals surface area contributed by atoms with E-state index in [4.69, 9.17) is 9.47 Å². The van der Waals surface area contributed by atoms with Gasteiger partial charge in [-0.05, 0) is 18.3 Å². The molecule has 1 spiro atoms. The minimum absolute atomic E-state index is 0.174. The zero-order valence-electron chi connectivity index (χ0n) is 12.1. The van der Waals surface area contributed by atoms with Gasteiger partial charge in [-0.1, -0.05) is 41.0 Å². The largest absolute Gasteiger partial charge is 0.349 e. The quantitative estimate of drug-likeness (QED) is 0.693. The Morgan fingerprint density at radius 3 is 2.18 bits per heavy atom. The van der Waals surface area contributed by atoms with Gasteiger partial charge in [-0.3, -0.25) is 0 Å². The fourth-order valence-corrected chi connectivity index (χ4v) is 3.31. The molecule has 17 heavy (non-hydrogen) atoms. The third-order valence-corrected chi connectivity index (χ3v) is 4.39. The predicted octanol–water partition coefficient (Wildman–Crippen LogP) is 3.85. The van der Waals surface area contributed by atoms with Gasteiger partial charge in [0.2, 0.25) is 0 Å². The Morgan fingerprint density at radius 2 is 1.65 bits per heavy atom. The molecular formula is C15H28O2. The molecule has 0 aromatic rings. The standard InChI is InChI=1S/C15H28O2/c1-11(2)13-7-6-12(3)8-15(13)16-9-14(4,5)10-17-15/h11-13H,6-10H2,1-5H3/t12-,13+/m1/s1. The molecule has 0 N–H and O–H groups in total. The maximum absolute atomic E-state index is 6.24. The smallest absolute Gasteiger partial charge is 0.171 e. The van der Waals surface area contributed by atoms with E-state index in [0.29, 0.717) is 11.8 Å². The highest BCUT2D eigenvalue weighted by molar-refractivity contribution is 4.92. The van der Waals surface area contributed by atoms with Gasteiger partial charge in [0.1, 0.15) is 0 Å². The number of ether oxygens (including phenoxy) is 2. The summed E-state index contributed by atoms with van der Waals surface area (Å²) in [5.41, 5.74) is 0.174. The van der Waals surface area contributed by atoms with E-state index >= 15 is 0 Å². The van der Waals surface area contributed by atoms with Crippen molar-refractivity contribution in [1.29, 1.82) is 0 Å². The molecule has 1 aliphatic heterocycles. The summed E-state index contributed by atoms with van der Waals surface area (Å²) in [4.78, 5) is 0. The molecule has 2 nitrogen and oxygen atoms in total. The molecule has 2 aliphatic rings. The maximum Gasteiger partial charge on any atom is 0.171 e. The van der Waals surface area contributed by atoms with Crippen molar-refractivity contribution in [2.24, 2.45) is 23.2 Å². The van der Waals surface area contributed by atoms with Crippen LogP contribution >= 0.6 is 0 Å². The Kier molecular flexibility index (Phi) is 3.57. The first-order valence-electron chi connectivity index (χ1n) is 7.13. The predicted molar refractivity (Wildman–Crippen MR) is 69.8 cm³/mol. The molecule has 1 heterocycles. The summed E-state index contributed by atoms with van der Waals surface area (Å²) in [5.74, 6) is 1.66. The summed E-state index contributed by atoms with van der Waals surface area (Å²) in [6, 6.07) is 0. The summed E-state index contributed by atoms with van der Waals surface area (Å²) in [6.45, 7) is 13.0. The van der Waals surface area contributed by atoms with Gasteiger partial charge in [-0.25, -0.2) is 0 Å². The van der Waals surface area contributed by atoms with E-state index in [1.54, 1.807) is 0 Å². The molecule has 0 aromatic carbocycles. The lowest BCUT2D eigenvalue weighted by atomic mass is 9.72. The third-order valence-electron chi connectivity index (χ3n) is 4.39. The molecule has 0 radical (unpaired) electrons. The average molecular weight is 240 g/mol. The lowest BCUT2D eigenvalue weighted by Gasteiger charge is -2.52. The molecule has 2 heteroatoms. The van der Waals surface area contributed by atoms with Crippen LogP contribution in [0.2, 0.25) is 0 Å². The molecule has 0 aromatic heterocycles. The Labute approximate surface area is 106 Å². The van der Waals surface area contributed by atoms with E-state index in [9.17, 15) is 0 Å². The summed E-state index contributed by atoms with van der Waals surface area (Å²) >= 11 is 0. The molecular weight excluding hydrogens is 212 g/mol. The van der Waals surface area contributed by atoms with Gasteiger partial charge in [0.05, 0.1) is 13.2 Å². The van der Waals surface area contributed by atoms with Crippen LogP contribution in [0.25, 0.3) is 0 Å².